The molecule has 1 N–H and O–H groups in total. The average Bonchev–Trinajstić information content (AvgIpc) is 2.20. The van der Waals surface area contributed by atoms with Crippen molar-refractivity contribution in [2.75, 3.05) is 20.8 Å². The van der Waals surface area contributed by atoms with Crippen molar-refractivity contribution in [1.82, 2.24) is 0 Å². The molecule has 0 fully saturated rings. The van der Waals surface area contributed by atoms with Crippen LogP contribution in [0, 0.1) is 0 Å². The van der Waals surface area contributed by atoms with Crippen LogP contribution in [0.1, 0.15) is 5.56 Å². The highest BCUT2D eigenvalue weighted by atomic mass is 16.5. The van der Waals surface area contributed by atoms with Gasteiger partial charge >= 0.3 is 0 Å². The average molecular weight is 179 g/mol. The lowest BCUT2D eigenvalue weighted by Gasteiger charge is -2.04. The van der Waals surface area contributed by atoms with Gasteiger partial charge in [-0.3, -0.25) is 4.99 Å². The van der Waals surface area contributed by atoms with E-state index in [-0.39, 0.29) is 6.61 Å². The number of hydrogen-bond donors (Lipinski definition) is 1. The van der Waals surface area contributed by atoms with Crippen molar-refractivity contribution in [3.05, 3.63) is 29.8 Å². The molecule has 3 heteroatoms. The maximum Gasteiger partial charge on any atom is 0.119 e. The number of ether oxygens (including phenoxy) is 1. The standard InChI is InChI=1S/C10H13NO2/c1-11-10(7-12)8-4-3-5-9(6-8)13-2/h3-6,12H,7H2,1-2H3/b11-10+. The Morgan fingerprint density at radius 3 is 2.85 bits per heavy atom. The van der Waals surface area contributed by atoms with Crippen LogP contribution in [0.5, 0.6) is 5.75 Å². The van der Waals surface area contributed by atoms with E-state index in [0.717, 1.165) is 11.3 Å². The maximum atomic E-state index is 8.97. The zero-order valence-corrected chi connectivity index (χ0v) is 7.82. The number of aliphatic hydroxyl groups is 1. The van der Waals surface area contributed by atoms with Crippen LogP contribution in [-0.4, -0.2) is 31.6 Å². The Bertz CT molecular complexity index is 308. The third-order valence-corrected chi connectivity index (χ3v) is 1.82. The molecule has 0 saturated carbocycles. The molecule has 13 heavy (non-hydrogen) atoms. The van der Waals surface area contributed by atoms with E-state index in [2.05, 4.69) is 4.99 Å². The molecule has 0 saturated heterocycles. The normalized spacial score (nSPS) is 11.5. The fraction of sp³-hybridized carbons (Fsp3) is 0.300. The predicted octanol–water partition coefficient (Wildman–Crippen LogP) is 1.11. The van der Waals surface area contributed by atoms with Gasteiger partial charge in [0, 0.05) is 12.6 Å². The van der Waals surface area contributed by atoms with Crippen LogP contribution < -0.4 is 4.74 Å². The van der Waals surface area contributed by atoms with Gasteiger partial charge in [0.15, 0.2) is 0 Å². The van der Waals surface area contributed by atoms with Gasteiger partial charge in [0.2, 0.25) is 0 Å². The first-order valence-electron chi connectivity index (χ1n) is 4.02. The first-order valence-corrected chi connectivity index (χ1v) is 4.02. The maximum absolute atomic E-state index is 8.97. The molecule has 0 aromatic heterocycles. The Hall–Kier alpha value is -1.35. The molecule has 0 radical (unpaired) electrons. The summed E-state index contributed by atoms with van der Waals surface area (Å²) in [7, 11) is 3.27. The van der Waals surface area contributed by atoms with Crippen LogP contribution in [0.25, 0.3) is 0 Å². The fourth-order valence-electron chi connectivity index (χ4n) is 1.09. The summed E-state index contributed by atoms with van der Waals surface area (Å²) in [5.41, 5.74) is 1.56. The quantitative estimate of drug-likeness (QED) is 0.706. The molecular formula is C10H13NO2. The monoisotopic (exact) mass is 179 g/mol. The van der Waals surface area contributed by atoms with E-state index in [1.807, 2.05) is 24.3 Å². The molecule has 70 valence electrons. The van der Waals surface area contributed by atoms with E-state index < -0.39 is 0 Å². The van der Waals surface area contributed by atoms with Gasteiger partial charge < -0.3 is 9.84 Å². The summed E-state index contributed by atoms with van der Waals surface area (Å²) < 4.78 is 5.06. The lowest BCUT2D eigenvalue weighted by atomic mass is 10.1. The molecule has 3 nitrogen and oxygen atoms in total. The summed E-state index contributed by atoms with van der Waals surface area (Å²) in [6.07, 6.45) is 0. The number of aliphatic hydroxyl groups excluding tert-OH is 1. The molecule has 0 aliphatic heterocycles. The Morgan fingerprint density at radius 1 is 1.54 bits per heavy atom. The number of methoxy groups -OCH3 is 1. The minimum Gasteiger partial charge on any atom is -0.497 e. The molecule has 1 rings (SSSR count). The van der Waals surface area contributed by atoms with Crippen LogP contribution in [-0.2, 0) is 0 Å². The van der Waals surface area contributed by atoms with Gasteiger partial charge in [-0.25, -0.2) is 0 Å². The summed E-state index contributed by atoms with van der Waals surface area (Å²) in [6, 6.07) is 7.46. The number of rotatable bonds is 3. The zero-order chi connectivity index (χ0) is 9.68. The molecular weight excluding hydrogens is 166 g/mol. The van der Waals surface area contributed by atoms with Crippen molar-refractivity contribution in [2.45, 2.75) is 0 Å². The molecule has 0 atom stereocenters. The molecule has 0 heterocycles. The van der Waals surface area contributed by atoms with Crippen LogP contribution in [0.2, 0.25) is 0 Å². The molecule has 0 amide bonds. The van der Waals surface area contributed by atoms with Gasteiger partial charge in [-0.2, -0.15) is 0 Å². The second-order valence-electron chi connectivity index (χ2n) is 2.56. The van der Waals surface area contributed by atoms with Gasteiger partial charge in [-0.1, -0.05) is 12.1 Å². The molecule has 0 spiro atoms. The summed E-state index contributed by atoms with van der Waals surface area (Å²) in [5, 5.41) is 8.97. The van der Waals surface area contributed by atoms with Crippen molar-refractivity contribution < 1.29 is 9.84 Å². The van der Waals surface area contributed by atoms with Gasteiger partial charge in [-0.05, 0) is 12.1 Å². The van der Waals surface area contributed by atoms with Crippen molar-refractivity contribution in [3.8, 4) is 5.75 Å². The summed E-state index contributed by atoms with van der Waals surface area (Å²) in [6.45, 7) is -0.0519. The van der Waals surface area contributed by atoms with Crippen molar-refractivity contribution >= 4 is 5.71 Å². The van der Waals surface area contributed by atoms with Gasteiger partial charge in [0.05, 0.1) is 19.4 Å². The van der Waals surface area contributed by atoms with Crippen LogP contribution in [0.15, 0.2) is 29.3 Å². The molecule has 1 aromatic carbocycles. The molecule has 0 unspecified atom stereocenters. The molecule has 0 aliphatic rings. The number of nitrogens with zero attached hydrogens (tertiary/aromatic N) is 1. The number of aliphatic imine (C=N–C) groups is 1. The van der Waals surface area contributed by atoms with Gasteiger partial charge in [0.25, 0.3) is 0 Å². The lowest BCUT2D eigenvalue weighted by Crippen LogP contribution is -2.06. The Balaban J connectivity index is 3.00. The Morgan fingerprint density at radius 2 is 2.31 bits per heavy atom. The lowest BCUT2D eigenvalue weighted by molar-refractivity contribution is 0.357. The smallest absolute Gasteiger partial charge is 0.119 e. The van der Waals surface area contributed by atoms with Crippen LogP contribution >= 0.6 is 0 Å². The second kappa shape index (κ2) is 4.62. The minimum absolute atomic E-state index is 0.0519. The van der Waals surface area contributed by atoms with Crippen molar-refractivity contribution in [2.24, 2.45) is 4.99 Å². The summed E-state index contributed by atoms with van der Waals surface area (Å²) >= 11 is 0. The minimum atomic E-state index is -0.0519. The van der Waals surface area contributed by atoms with E-state index >= 15 is 0 Å². The Labute approximate surface area is 77.7 Å². The summed E-state index contributed by atoms with van der Waals surface area (Å²) in [4.78, 5) is 3.96. The van der Waals surface area contributed by atoms with E-state index in [9.17, 15) is 0 Å². The third kappa shape index (κ3) is 2.29. The van der Waals surface area contributed by atoms with Gasteiger partial charge in [0.1, 0.15) is 5.75 Å². The molecule has 1 aromatic rings. The van der Waals surface area contributed by atoms with Crippen LogP contribution in [0.3, 0.4) is 0 Å². The molecule has 0 aliphatic carbocycles. The van der Waals surface area contributed by atoms with Crippen molar-refractivity contribution in [3.63, 3.8) is 0 Å². The molecule has 0 bridgehead atoms. The highest BCUT2D eigenvalue weighted by Gasteiger charge is 2.01. The van der Waals surface area contributed by atoms with E-state index in [1.165, 1.54) is 0 Å². The first-order chi connectivity index (χ1) is 6.31. The SMILES string of the molecule is C/N=C(\CO)c1cccc(OC)c1. The summed E-state index contributed by atoms with van der Waals surface area (Å²) in [5.74, 6) is 0.770. The highest BCUT2D eigenvalue weighted by Crippen LogP contribution is 2.12. The largest absolute Gasteiger partial charge is 0.497 e. The number of hydrogen-bond acceptors (Lipinski definition) is 3. The zero-order valence-electron chi connectivity index (χ0n) is 7.82. The third-order valence-electron chi connectivity index (χ3n) is 1.82. The number of benzene rings is 1. The van der Waals surface area contributed by atoms with E-state index in [0.29, 0.717) is 5.71 Å². The topological polar surface area (TPSA) is 41.8 Å². The van der Waals surface area contributed by atoms with Crippen molar-refractivity contribution in [1.29, 1.82) is 0 Å². The van der Waals surface area contributed by atoms with Gasteiger partial charge in [-0.15, -0.1) is 0 Å². The predicted molar refractivity (Wildman–Crippen MR) is 52.5 cm³/mol. The second-order valence-corrected chi connectivity index (χ2v) is 2.56. The van der Waals surface area contributed by atoms with E-state index in [4.69, 9.17) is 9.84 Å². The van der Waals surface area contributed by atoms with Crippen LogP contribution in [0.4, 0.5) is 0 Å². The fourth-order valence-corrected chi connectivity index (χ4v) is 1.09. The Kier molecular flexibility index (Phi) is 3.46. The highest BCUT2D eigenvalue weighted by molar-refractivity contribution is 6.01. The first kappa shape index (κ1) is 9.74. The van der Waals surface area contributed by atoms with E-state index in [1.54, 1.807) is 14.2 Å².